The van der Waals surface area contributed by atoms with Gasteiger partial charge in [0, 0.05) is 24.1 Å². The number of rotatable bonds is 10. The molecule has 0 bridgehead atoms. The number of fused-ring (bicyclic) bond motifs is 1. The maximum atomic E-state index is 13.6. The lowest BCUT2D eigenvalue weighted by Gasteiger charge is -2.27. The zero-order valence-electron chi connectivity index (χ0n) is 21.3. The van der Waals surface area contributed by atoms with Crippen LogP contribution in [0.4, 0.5) is 5.82 Å². The van der Waals surface area contributed by atoms with Crippen molar-refractivity contribution in [2.24, 2.45) is 5.73 Å². The molecule has 5 rings (SSSR count). The Kier molecular flexibility index (Phi) is 7.79. The standard InChI is InChI=1S/C29H33ClN6O2/c30-25-24-21(9-4-8-18-6-2-1-3-7-18)16-23(36(24)29(38)27(35-25)34-22-10-5-11-22)28(37)33-17-19-12-14-20(15-13-19)26(31)32/h1-3,6-7,12-15,21-23H,4-5,8-11,16-17H2,(H3,31,32)(H,33,37)(H,34,35)/t21-,23-/m0/s1. The van der Waals surface area contributed by atoms with Gasteiger partial charge in [0.05, 0.1) is 5.69 Å². The number of amidine groups is 1. The zero-order chi connectivity index (χ0) is 26.6. The van der Waals surface area contributed by atoms with Gasteiger partial charge in [-0.2, -0.15) is 0 Å². The number of aryl methyl sites for hydroxylation is 1. The number of amides is 1. The smallest absolute Gasteiger partial charge is 0.294 e. The lowest BCUT2D eigenvalue weighted by molar-refractivity contribution is -0.124. The summed E-state index contributed by atoms with van der Waals surface area (Å²) in [4.78, 5) is 31.5. The molecule has 1 amide bonds. The second-order valence-electron chi connectivity index (χ2n) is 10.2. The fourth-order valence-corrected chi connectivity index (χ4v) is 5.64. The Morgan fingerprint density at radius 3 is 2.50 bits per heavy atom. The lowest BCUT2D eigenvalue weighted by atomic mass is 9.93. The van der Waals surface area contributed by atoms with Crippen molar-refractivity contribution in [1.29, 1.82) is 5.41 Å². The van der Waals surface area contributed by atoms with Gasteiger partial charge in [-0.05, 0) is 56.1 Å². The Labute approximate surface area is 227 Å². The van der Waals surface area contributed by atoms with Crippen LogP contribution in [-0.4, -0.2) is 27.3 Å². The van der Waals surface area contributed by atoms with Gasteiger partial charge in [0.2, 0.25) is 5.91 Å². The van der Waals surface area contributed by atoms with Gasteiger partial charge < -0.3 is 16.4 Å². The Hall–Kier alpha value is -3.65. The number of benzene rings is 2. The number of nitrogens with one attached hydrogen (secondary N) is 3. The van der Waals surface area contributed by atoms with Crippen LogP contribution in [0.25, 0.3) is 0 Å². The summed E-state index contributed by atoms with van der Waals surface area (Å²) in [6.07, 6.45) is 6.26. The highest BCUT2D eigenvalue weighted by atomic mass is 35.5. The van der Waals surface area contributed by atoms with E-state index in [9.17, 15) is 9.59 Å². The monoisotopic (exact) mass is 532 g/mol. The molecular formula is C29H33ClN6O2. The van der Waals surface area contributed by atoms with Gasteiger partial charge in [0.1, 0.15) is 11.9 Å². The number of anilines is 1. The minimum atomic E-state index is -0.654. The van der Waals surface area contributed by atoms with E-state index in [-0.39, 0.29) is 35.1 Å². The Morgan fingerprint density at radius 2 is 1.84 bits per heavy atom. The third-order valence-electron chi connectivity index (χ3n) is 7.65. The van der Waals surface area contributed by atoms with Gasteiger partial charge in [0.15, 0.2) is 11.0 Å². The summed E-state index contributed by atoms with van der Waals surface area (Å²) in [6.45, 7) is 0.308. The summed E-state index contributed by atoms with van der Waals surface area (Å²) in [5, 5.41) is 14.1. The highest BCUT2D eigenvalue weighted by molar-refractivity contribution is 6.30. The molecule has 3 aromatic rings. The van der Waals surface area contributed by atoms with Crippen LogP contribution in [0, 0.1) is 5.41 Å². The Morgan fingerprint density at radius 1 is 1.11 bits per heavy atom. The molecule has 38 heavy (non-hydrogen) atoms. The van der Waals surface area contributed by atoms with Crippen LogP contribution in [0.2, 0.25) is 5.15 Å². The quantitative estimate of drug-likeness (QED) is 0.226. The molecule has 8 nitrogen and oxygen atoms in total. The number of halogens is 1. The molecule has 2 aromatic carbocycles. The Bertz CT molecular complexity index is 1370. The number of nitrogens with two attached hydrogens (primary N) is 1. The third kappa shape index (κ3) is 5.60. The van der Waals surface area contributed by atoms with E-state index < -0.39 is 6.04 Å². The first kappa shape index (κ1) is 26.0. The highest BCUT2D eigenvalue weighted by Crippen LogP contribution is 2.41. The van der Waals surface area contributed by atoms with Crippen LogP contribution in [0.1, 0.15) is 72.9 Å². The summed E-state index contributed by atoms with van der Waals surface area (Å²) >= 11 is 6.70. The summed E-state index contributed by atoms with van der Waals surface area (Å²) in [5.74, 6) is -0.0233. The average Bonchev–Trinajstić information content (AvgIpc) is 3.29. The van der Waals surface area contributed by atoms with E-state index in [2.05, 4.69) is 27.8 Å². The summed E-state index contributed by atoms with van der Waals surface area (Å²) in [7, 11) is 0. The van der Waals surface area contributed by atoms with E-state index in [1.165, 1.54) is 5.56 Å². The topological polar surface area (TPSA) is 126 Å². The molecule has 0 spiro atoms. The van der Waals surface area contributed by atoms with Crippen LogP contribution in [-0.2, 0) is 17.8 Å². The summed E-state index contributed by atoms with van der Waals surface area (Å²) in [6, 6.07) is 17.0. The van der Waals surface area contributed by atoms with Gasteiger partial charge in [-0.15, -0.1) is 0 Å². The lowest BCUT2D eigenvalue weighted by Crippen LogP contribution is -2.38. The molecule has 2 aliphatic rings. The van der Waals surface area contributed by atoms with Crippen molar-refractivity contribution in [3.63, 3.8) is 0 Å². The predicted molar refractivity (Wildman–Crippen MR) is 150 cm³/mol. The molecule has 1 fully saturated rings. The second kappa shape index (κ2) is 11.4. The first-order valence-electron chi connectivity index (χ1n) is 13.2. The van der Waals surface area contributed by atoms with E-state index in [0.717, 1.165) is 44.1 Å². The fourth-order valence-electron chi connectivity index (χ4n) is 5.31. The molecular weight excluding hydrogens is 500 g/mol. The predicted octanol–water partition coefficient (Wildman–Crippen LogP) is 4.51. The van der Waals surface area contributed by atoms with Gasteiger partial charge in [-0.3, -0.25) is 19.6 Å². The molecule has 1 aliphatic heterocycles. The van der Waals surface area contributed by atoms with Crippen LogP contribution >= 0.6 is 11.6 Å². The van der Waals surface area contributed by atoms with Crippen molar-refractivity contribution in [3.05, 3.63) is 92.5 Å². The van der Waals surface area contributed by atoms with E-state index in [1.807, 2.05) is 30.3 Å². The van der Waals surface area contributed by atoms with E-state index in [4.69, 9.17) is 22.7 Å². The number of nitrogen functional groups attached to an aromatic ring is 1. The van der Waals surface area contributed by atoms with Gasteiger partial charge >= 0.3 is 0 Å². The third-order valence-corrected chi connectivity index (χ3v) is 7.93. The molecule has 9 heteroatoms. The Balaban J connectivity index is 1.35. The van der Waals surface area contributed by atoms with Crippen molar-refractivity contribution in [2.75, 3.05) is 5.32 Å². The van der Waals surface area contributed by atoms with Gasteiger partial charge in [0.25, 0.3) is 5.56 Å². The van der Waals surface area contributed by atoms with Crippen molar-refractivity contribution < 1.29 is 4.79 Å². The van der Waals surface area contributed by atoms with Crippen molar-refractivity contribution in [3.8, 4) is 0 Å². The van der Waals surface area contributed by atoms with Gasteiger partial charge in [-0.1, -0.05) is 66.2 Å². The van der Waals surface area contributed by atoms with Crippen molar-refractivity contribution >= 4 is 29.2 Å². The number of carbonyl (C=O) groups excluding carboxylic acids is 1. The number of aromatic nitrogens is 2. The first-order chi connectivity index (χ1) is 18.4. The van der Waals surface area contributed by atoms with E-state index in [1.54, 1.807) is 16.7 Å². The van der Waals surface area contributed by atoms with Gasteiger partial charge in [-0.25, -0.2) is 4.98 Å². The maximum absolute atomic E-state index is 13.6. The normalized spacial score (nSPS) is 18.4. The van der Waals surface area contributed by atoms with Crippen molar-refractivity contribution in [2.45, 2.75) is 69.5 Å². The molecule has 0 unspecified atom stereocenters. The van der Waals surface area contributed by atoms with Crippen LogP contribution in [0.5, 0.6) is 0 Å². The first-order valence-corrected chi connectivity index (χ1v) is 13.6. The second-order valence-corrected chi connectivity index (χ2v) is 10.6. The fraction of sp³-hybridized carbons (Fsp3) is 0.379. The highest BCUT2D eigenvalue weighted by Gasteiger charge is 2.39. The van der Waals surface area contributed by atoms with Crippen LogP contribution in [0.3, 0.4) is 0 Å². The summed E-state index contributed by atoms with van der Waals surface area (Å²) in [5.41, 5.74) is 8.69. The number of hydrogen-bond donors (Lipinski definition) is 4. The molecule has 2 heterocycles. The minimum Gasteiger partial charge on any atom is -0.384 e. The largest absolute Gasteiger partial charge is 0.384 e. The number of nitrogens with zero attached hydrogens (tertiary/aromatic N) is 2. The minimum absolute atomic E-state index is 0.00219. The summed E-state index contributed by atoms with van der Waals surface area (Å²) < 4.78 is 1.58. The molecule has 198 valence electrons. The molecule has 5 N–H and O–H groups in total. The zero-order valence-corrected chi connectivity index (χ0v) is 22.0. The molecule has 1 saturated carbocycles. The van der Waals surface area contributed by atoms with Crippen LogP contribution < -0.4 is 21.9 Å². The van der Waals surface area contributed by atoms with E-state index in [0.29, 0.717) is 29.4 Å². The molecule has 0 radical (unpaired) electrons. The van der Waals surface area contributed by atoms with Crippen LogP contribution in [0.15, 0.2) is 59.4 Å². The number of carbonyl (C=O) groups is 1. The molecule has 0 saturated heterocycles. The van der Waals surface area contributed by atoms with E-state index >= 15 is 0 Å². The SMILES string of the molecule is N=C(N)c1ccc(CNC(=O)[C@@H]2C[C@H](CCCc3ccccc3)c3c(Cl)nc(NC4CCC4)c(=O)n32)cc1. The molecule has 2 atom stereocenters. The van der Waals surface area contributed by atoms with Crippen molar-refractivity contribution in [1.82, 2.24) is 14.9 Å². The molecule has 1 aliphatic carbocycles. The number of hydrogen-bond acceptors (Lipinski definition) is 5. The average molecular weight is 533 g/mol. The molecule has 1 aromatic heterocycles. The maximum Gasteiger partial charge on any atom is 0.294 e.